The summed E-state index contributed by atoms with van der Waals surface area (Å²) < 4.78 is 5.96. The van der Waals surface area contributed by atoms with Crippen molar-refractivity contribution in [3.05, 3.63) is 69.2 Å². The van der Waals surface area contributed by atoms with Gasteiger partial charge in [0, 0.05) is 0 Å². The maximum atomic E-state index is 6.11. The Hall–Kier alpha value is -1.10. The molecule has 0 aromatic heterocycles. The average molecular weight is 323 g/mol. The van der Waals surface area contributed by atoms with E-state index in [0.29, 0.717) is 16.7 Å². The molecule has 2 aromatic rings. The van der Waals surface area contributed by atoms with Crippen LogP contribution in [0.4, 0.5) is 0 Å². The zero-order valence-electron chi connectivity index (χ0n) is 11.4. The molecule has 2 atom stereocenters. The lowest BCUT2D eigenvalue weighted by molar-refractivity contribution is 0.0147. The number of benzene rings is 2. The molecule has 0 saturated carbocycles. The molecule has 5 heteroatoms. The minimum absolute atomic E-state index is 0.141. The number of hydrazine groups is 1. The van der Waals surface area contributed by atoms with Gasteiger partial charge in [-0.15, -0.1) is 0 Å². The Morgan fingerprint density at radius 2 is 1.95 bits per heavy atom. The van der Waals surface area contributed by atoms with Crippen LogP contribution < -0.4 is 11.3 Å². The Morgan fingerprint density at radius 1 is 1.14 bits per heavy atom. The number of fused-ring (bicyclic) bond motifs is 1. The van der Waals surface area contributed by atoms with Crippen LogP contribution in [0.5, 0.6) is 0 Å². The fourth-order valence-corrected chi connectivity index (χ4v) is 3.07. The maximum absolute atomic E-state index is 6.11. The number of ether oxygens (including phenoxy) is 1. The molecule has 0 spiro atoms. The van der Waals surface area contributed by atoms with E-state index < -0.39 is 0 Å². The second kappa shape index (κ2) is 6.34. The van der Waals surface area contributed by atoms with Crippen LogP contribution in [0.25, 0.3) is 0 Å². The molecule has 2 aromatic carbocycles. The van der Waals surface area contributed by atoms with Gasteiger partial charge in [0.2, 0.25) is 0 Å². The van der Waals surface area contributed by atoms with Gasteiger partial charge in [0.15, 0.2) is 0 Å². The van der Waals surface area contributed by atoms with Gasteiger partial charge in [-0.3, -0.25) is 5.84 Å². The van der Waals surface area contributed by atoms with Gasteiger partial charge in [-0.1, -0.05) is 53.5 Å². The third-order valence-corrected chi connectivity index (χ3v) is 4.55. The summed E-state index contributed by atoms with van der Waals surface area (Å²) in [7, 11) is 0. The fourth-order valence-electron chi connectivity index (χ4n) is 2.77. The first-order valence-corrected chi connectivity index (χ1v) is 7.57. The van der Waals surface area contributed by atoms with E-state index in [1.54, 1.807) is 6.07 Å². The monoisotopic (exact) mass is 322 g/mol. The van der Waals surface area contributed by atoms with E-state index in [9.17, 15) is 0 Å². The van der Waals surface area contributed by atoms with Crippen molar-refractivity contribution in [2.45, 2.75) is 18.6 Å². The topological polar surface area (TPSA) is 47.3 Å². The van der Waals surface area contributed by atoms with Crippen LogP contribution in [0.3, 0.4) is 0 Å². The number of hydrogen-bond donors (Lipinski definition) is 2. The van der Waals surface area contributed by atoms with Gasteiger partial charge in [-0.2, -0.15) is 0 Å². The van der Waals surface area contributed by atoms with E-state index in [0.717, 1.165) is 17.5 Å². The van der Waals surface area contributed by atoms with Crippen molar-refractivity contribution in [3.63, 3.8) is 0 Å². The van der Waals surface area contributed by atoms with Crippen LogP contribution >= 0.6 is 23.2 Å². The largest absolute Gasteiger partial charge is 0.371 e. The molecule has 0 radical (unpaired) electrons. The van der Waals surface area contributed by atoms with Gasteiger partial charge in [0.1, 0.15) is 6.10 Å². The summed E-state index contributed by atoms with van der Waals surface area (Å²) >= 11 is 12.1. The van der Waals surface area contributed by atoms with Crippen LogP contribution in [-0.4, -0.2) is 6.61 Å². The van der Waals surface area contributed by atoms with Crippen molar-refractivity contribution in [1.29, 1.82) is 0 Å². The van der Waals surface area contributed by atoms with Gasteiger partial charge >= 0.3 is 0 Å². The fraction of sp³-hybridized carbons (Fsp3) is 0.250. The molecule has 0 saturated heterocycles. The van der Waals surface area contributed by atoms with Crippen molar-refractivity contribution >= 4 is 23.2 Å². The highest BCUT2D eigenvalue weighted by Gasteiger charge is 2.29. The molecule has 2 unspecified atom stereocenters. The van der Waals surface area contributed by atoms with Crippen LogP contribution in [0.15, 0.2) is 42.5 Å². The highest BCUT2D eigenvalue weighted by atomic mass is 35.5. The minimum atomic E-state index is -0.179. The molecule has 3 nitrogen and oxygen atoms in total. The molecule has 110 valence electrons. The summed E-state index contributed by atoms with van der Waals surface area (Å²) in [6.45, 7) is 0.682. The van der Waals surface area contributed by atoms with Crippen molar-refractivity contribution in [2.75, 3.05) is 6.61 Å². The Balaban J connectivity index is 1.99. The van der Waals surface area contributed by atoms with Crippen LogP contribution in [0, 0.1) is 0 Å². The number of rotatable bonds is 3. The second-order valence-corrected chi connectivity index (χ2v) is 5.87. The molecule has 1 heterocycles. The number of hydrogen-bond acceptors (Lipinski definition) is 3. The van der Waals surface area contributed by atoms with Gasteiger partial charge in [0.25, 0.3) is 0 Å². The standard InChI is InChI=1S/C16H16Cl2N2O/c17-13-6-5-11(9-14(13)18)15(20-19)16-12-4-2-1-3-10(12)7-8-21-16/h1-6,9,15-16,20H,7-8,19H2. The molecule has 1 aliphatic rings. The molecule has 0 aliphatic carbocycles. The maximum Gasteiger partial charge on any atom is 0.103 e. The van der Waals surface area contributed by atoms with E-state index in [2.05, 4.69) is 17.6 Å². The molecular formula is C16H16Cl2N2O. The lowest BCUT2D eigenvalue weighted by Crippen LogP contribution is -2.35. The lowest BCUT2D eigenvalue weighted by atomic mass is 9.90. The van der Waals surface area contributed by atoms with Gasteiger partial charge in [0.05, 0.1) is 22.7 Å². The third-order valence-electron chi connectivity index (χ3n) is 3.82. The summed E-state index contributed by atoms with van der Waals surface area (Å²) in [5.41, 5.74) is 6.27. The molecule has 0 fully saturated rings. The van der Waals surface area contributed by atoms with Gasteiger partial charge < -0.3 is 4.74 Å². The quantitative estimate of drug-likeness (QED) is 0.667. The summed E-state index contributed by atoms with van der Waals surface area (Å²) in [5.74, 6) is 5.77. The summed E-state index contributed by atoms with van der Waals surface area (Å²) in [5, 5.41) is 1.04. The average Bonchev–Trinajstić information content (AvgIpc) is 2.52. The van der Waals surface area contributed by atoms with Gasteiger partial charge in [-0.25, -0.2) is 5.43 Å². The summed E-state index contributed by atoms with van der Waals surface area (Å²) in [4.78, 5) is 0. The molecule has 3 rings (SSSR count). The zero-order valence-corrected chi connectivity index (χ0v) is 12.9. The molecule has 21 heavy (non-hydrogen) atoms. The summed E-state index contributed by atoms with van der Waals surface area (Å²) in [6.07, 6.45) is 0.780. The van der Waals surface area contributed by atoms with Crippen molar-refractivity contribution < 1.29 is 4.74 Å². The van der Waals surface area contributed by atoms with E-state index in [1.165, 1.54) is 5.56 Å². The smallest absolute Gasteiger partial charge is 0.103 e. The molecular weight excluding hydrogens is 307 g/mol. The predicted molar refractivity (Wildman–Crippen MR) is 85.4 cm³/mol. The highest BCUT2D eigenvalue weighted by Crippen LogP contribution is 2.38. The predicted octanol–water partition coefficient (Wildman–Crippen LogP) is 3.81. The Bertz CT molecular complexity index is 648. The first-order chi connectivity index (χ1) is 10.2. The van der Waals surface area contributed by atoms with Crippen molar-refractivity contribution in [2.24, 2.45) is 5.84 Å². The number of halogens is 2. The van der Waals surface area contributed by atoms with Crippen molar-refractivity contribution in [3.8, 4) is 0 Å². The van der Waals surface area contributed by atoms with Crippen molar-refractivity contribution in [1.82, 2.24) is 5.43 Å². The zero-order chi connectivity index (χ0) is 14.8. The number of nitrogens with two attached hydrogens (primary N) is 1. The van der Waals surface area contributed by atoms with E-state index in [4.69, 9.17) is 33.8 Å². The Morgan fingerprint density at radius 3 is 2.71 bits per heavy atom. The second-order valence-electron chi connectivity index (χ2n) is 5.06. The molecule has 0 amide bonds. The third kappa shape index (κ3) is 2.93. The normalized spacial score (nSPS) is 19.1. The van der Waals surface area contributed by atoms with Crippen LogP contribution in [-0.2, 0) is 11.2 Å². The Labute approximate surface area is 134 Å². The minimum Gasteiger partial charge on any atom is -0.371 e. The number of nitrogens with one attached hydrogen (secondary N) is 1. The highest BCUT2D eigenvalue weighted by molar-refractivity contribution is 6.42. The van der Waals surface area contributed by atoms with E-state index in [1.807, 2.05) is 24.3 Å². The molecule has 3 N–H and O–H groups in total. The first-order valence-electron chi connectivity index (χ1n) is 6.81. The molecule has 0 bridgehead atoms. The van der Waals surface area contributed by atoms with E-state index in [-0.39, 0.29) is 12.1 Å². The van der Waals surface area contributed by atoms with Crippen LogP contribution in [0.1, 0.15) is 28.8 Å². The Kier molecular flexibility index (Phi) is 4.48. The van der Waals surface area contributed by atoms with E-state index >= 15 is 0 Å². The first kappa shape index (κ1) is 14.8. The lowest BCUT2D eigenvalue weighted by Gasteiger charge is -2.32. The SMILES string of the molecule is NNC(c1ccc(Cl)c(Cl)c1)C1OCCc2ccccc21. The molecule has 1 aliphatic heterocycles. The van der Waals surface area contributed by atoms with Crippen LogP contribution in [0.2, 0.25) is 10.0 Å². The summed E-state index contributed by atoms with van der Waals surface area (Å²) in [6, 6.07) is 13.6. The van der Waals surface area contributed by atoms with Gasteiger partial charge in [-0.05, 0) is 35.2 Å².